The number of para-hydroxylation sites is 1. The summed E-state index contributed by atoms with van der Waals surface area (Å²) in [6, 6.07) is 13.2. The standard InChI is InChI=1S/C17H17NO4S/c1-12-11-14-5-3-4-6-16(14)18(12)23(20,21)15-9-7-13(8-10-15)17(19)22-2/h3-10,12H,11H2,1-2H3/t12-/m0/s1. The highest BCUT2D eigenvalue weighted by molar-refractivity contribution is 7.92. The first-order valence-electron chi connectivity index (χ1n) is 7.26. The van der Waals surface area contributed by atoms with Crippen molar-refractivity contribution < 1.29 is 17.9 Å². The number of methoxy groups -OCH3 is 1. The van der Waals surface area contributed by atoms with Gasteiger partial charge < -0.3 is 4.74 Å². The number of rotatable bonds is 3. The Morgan fingerprint density at radius 2 is 1.78 bits per heavy atom. The fourth-order valence-corrected chi connectivity index (χ4v) is 4.59. The maximum atomic E-state index is 13.0. The highest BCUT2D eigenvalue weighted by Crippen LogP contribution is 2.36. The number of hydrogen-bond donors (Lipinski definition) is 0. The Morgan fingerprint density at radius 3 is 2.43 bits per heavy atom. The summed E-state index contributed by atoms with van der Waals surface area (Å²) in [5.74, 6) is -0.492. The van der Waals surface area contributed by atoms with Gasteiger partial charge >= 0.3 is 5.97 Å². The summed E-state index contributed by atoms with van der Waals surface area (Å²) >= 11 is 0. The number of ether oxygens (including phenoxy) is 1. The van der Waals surface area contributed by atoms with Crippen molar-refractivity contribution in [3.63, 3.8) is 0 Å². The second-order valence-electron chi connectivity index (χ2n) is 5.50. The Labute approximate surface area is 135 Å². The van der Waals surface area contributed by atoms with E-state index in [-0.39, 0.29) is 10.9 Å². The number of benzene rings is 2. The number of sulfonamides is 1. The first kappa shape index (κ1) is 15.6. The summed E-state index contributed by atoms with van der Waals surface area (Å²) in [5.41, 5.74) is 2.06. The zero-order valence-corrected chi connectivity index (χ0v) is 13.7. The largest absolute Gasteiger partial charge is 0.465 e. The molecule has 0 bridgehead atoms. The van der Waals surface area contributed by atoms with Gasteiger partial charge in [-0.1, -0.05) is 18.2 Å². The van der Waals surface area contributed by atoms with Gasteiger partial charge in [0.1, 0.15) is 0 Å². The molecule has 1 aliphatic heterocycles. The van der Waals surface area contributed by atoms with Gasteiger partial charge in [-0.25, -0.2) is 13.2 Å². The molecule has 0 fully saturated rings. The minimum Gasteiger partial charge on any atom is -0.465 e. The molecule has 1 aliphatic rings. The van der Waals surface area contributed by atoms with Gasteiger partial charge in [0.25, 0.3) is 10.0 Å². The van der Waals surface area contributed by atoms with Gasteiger partial charge in [0.15, 0.2) is 0 Å². The van der Waals surface area contributed by atoms with Crippen molar-refractivity contribution >= 4 is 21.7 Å². The van der Waals surface area contributed by atoms with Crippen LogP contribution in [0.2, 0.25) is 0 Å². The maximum Gasteiger partial charge on any atom is 0.337 e. The van der Waals surface area contributed by atoms with Crippen LogP contribution in [0.1, 0.15) is 22.8 Å². The van der Waals surface area contributed by atoms with E-state index in [2.05, 4.69) is 4.74 Å². The van der Waals surface area contributed by atoms with E-state index in [0.717, 1.165) is 11.3 Å². The fourth-order valence-electron chi connectivity index (χ4n) is 2.90. The smallest absolute Gasteiger partial charge is 0.337 e. The van der Waals surface area contributed by atoms with Crippen molar-refractivity contribution in [3.8, 4) is 0 Å². The van der Waals surface area contributed by atoms with Crippen LogP contribution in [-0.2, 0) is 21.2 Å². The Hall–Kier alpha value is -2.34. The second-order valence-corrected chi connectivity index (χ2v) is 7.31. The Bertz CT molecular complexity index is 843. The number of esters is 1. The number of anilines is 1. The van der Waals surface area contributed by atoms with Crippen molar-refractivity contribution in [2.45, 2.75) is 24.3 Å². The van der Waals surface area contributed by atoms with Crippen LogP contribution in [0, 0.1) is 0 Å². The van der Waals surface area contributed by atoms with Crippen molar-refractivity contribution in [2.75, 3.05) is 11.4 Å². The van der Waals surface area contributed by atoms with Crippen molar-refractivity contribution in [1.82, 2.24) is 0 Å². The molecule has 5 nitrogen and oxygen atoms in total. The van der Waals surface area contributed by atoms with Gasteiger partial charge in [-0.3, -0.25) is 4.31 Å². The first-order valence-corrected chi connectivity index (χ1v) is 8.70. The maximum absolute atomic E-state index is 13.0. The van der Waals surface area contributed by atoms with E-state index in [4.69, 9.17) is 0 Å². The van der Waals surface area contributed by atoms with Gasteiger partial charge in [-0.05, 0) is 49.2 Å². The lowest BCUT2D eigenvalue weighted by molar-refractivity contribution is 0.0600. The molecule has 0 radical (unpaired) electrons. The fraction of sp³-hybridized carbons (Fsp3) is 0.235. The number of hydrogen-bond acceptors (Lipinski definition) is 4. The van der Waals surface area contributed by atoms with E-state index in [0.29, 0.717) is 12.0 Å². The minimum absolute atomic E-state index is 0.141. The number of fused-ring (bicyclic) bond motifs is 1. The van der Waals surface area contributed by atoms with Gasteiger partial charge in [0.05, 0.1) is 23.3 Å². The summed E-state index contributed by atoms with van der Waals surface area (Å²) in [6.45, 7) is 1.89. The van der Waals surface area contributed by atoms with Crippen LogP contribution in [0.5, 0.6) is 0 Å². The van der Waals surface area contributed by atoms with E-state index >= 15 is 0 Å². The average Bonchev–Trinajstić information content (AvgIpc) is 2.90. The van der Waals surface area contributed by atoms with Crippen molar-refractivity contribution in [3.05, 3.63) is 59.7 Å². The predicted octanol–water partition coefficient (Wildman–Crippen LogP) is 2.61. The molecule has 0 aromatic heterocycles. The van der Waals surface area contributed by atoms with Crippen molar-refractivity contribution in [2.24, 2.45) is 0 Å². The molecule has 120 valence electrons. The van der Waals surface area contributed by atoms with Crippen LogP contribution in [0.25, 0.3) is 0 Å². The molecule has 0 aliphatic carbocycles. The summed E-state index contributed by atoms with van der Waals surface area (Å²) in [4.78, 5) is 11.6. The molecule has 0 saturated heterocycles. The summed E-state index contributed by atoms with van der Waals surface area (Å²) in [7, 11) is -2.38. The molecule has 0 saturated carbocycles. The zero-order chi connectivity index (χ0) is 16.6. The molecule has 0 amide bonds. The normalized spacial score (nSPS) is 17.0. The topological polar surface area (TPSA) is 63.7 Å². The van der Waals surface area contributed by atoms with Crippen LogP contribution in [-0.4, -0.2) is 27.5 Å². The van der Waals surface area contributed by atoms with Crippen molar-refractivity contribution in [1.29, 1.82) is 0 Å². The van der Waals surface area contributed by atoms with E-state index in [1.165, 1.54) is 35.7 Å². The third-order valence-electron chi connectivity index (χ3n) is 3.98. The van der Waals surface area contributed by atoms with Crippen LogP contribution in [0.3, 0.4) is 0 Å². The quantitative estimate of drug-likeness (QED) is 0.811. The molecule has 2 aromatic rings. The van der Waals surface area contributed by atoms with Gasteiger partial charge in [0, 0.05) is 6.04 Å². The predicted molar refractivity (Wildman–Crippen MR) is 87.1 cm³/mol. The SMILES string of the molecule is COC(=O)c1ccc(S(=O)(=O)N2c3ccccc3C[C@@H]2C)cc1. The second kappa shape index (κ2) is 5.70. The minimum atomic E-state index is -3.67. The summed E-state index contributed by atoms with van der Waals surface area (Å²) < 4.78 is 32.0. The van der Waals surface area contributed by atoms with E-state index in [1.54, 1.807) is 0 Å². The van der Waals surface area contributed by atoms with Crippen LogP contribution in [0.15, 0.2) is 53.4 Å². The monoisotopic (exact) mass is 331 g/mol. The molecular formula is C17H17NO4S. The van der Waals surface area contributed by atoms with Gasteiger partial charge in [0.2, 0.25) is 0 Å². The highest BCUT2D eigenvalue weighted by Gasteiger charge is 2.35. The number of nitrogens with zero attached hydrogens (tertiary/aromatic N) is 1. The van der Waals surface area contributed by atoms with E-state index in [9.17, 15) is 13.2 Å². The summed E-state index contributed by atoms with van der Waals surface area (Å²) in [5, 5.41) is 0. The molecule has 2 aromatic carbocycles. The number of carbonyl (C=O) groups excluding carboxylic acids is 1. The molecule has 1 heterocycles. The molecule has 1 atom stereocenters. The van der Waals surface area contributed by atoms with Crippen LogP contribution < -0.4 is 4.31 Å². The Morgan fingerprint density at radius 1 is 1.13 bits per heavy atom. The third kappa shape index (κ3) is 2.59. The lowest BCUT2D eigenvalue weighted by Gasteiger charge is -2.24. The third-order valence-corrected chi connectivity index (χ3v) is 5.92. The summed E-state index contributed by atoms with van der Waals surface area (Å²) in [6.07, 6.45) is 0.690. The molecule has 3 rings (SSSR count). The molecular weight excluding hydrogens is 314 g/mol. The van der Waals surface area contributed by atoms with Gasteiger partial charge in [-0.15, -0.1) is 0 Å². The first-order chi connectivity index (χ1) is 10.9. The van der Waals surface area contributed by atoms with E-state index in [1.807, 2.05) is 31.2 Å². The van der Waals surface area contributed by atoms with Gasteiger partial charge in [-0.2, -0.15) is 0 Å². The highest BCUT2D eigenvalue weighted by atomic mass is 32.2. The van der Waals surface area contributed by atoms with E-state index < -0.39 is 16.0 Å². The van der Waals surface area contributed by atoms with Crippen LogP contribution >= 0.6 is 0 Å². The van der Waals surface area contributed by atoms with Crippen LogP contribution in [0.4, 0.5) is 5.69 Å². The molecule has 23 heavy (non-hydrogen) atoms. The Kier molecular flexibility index (Phi) is 3.85. The lowest BCUT2D eigenvalue weighted by atomic mass is 10.1. The number of carbonyl (C=O) groups is 1. The molecule has 0 unspecified atom stereocenters. The lowest BCUT2D eigenvalue weighted by Crippen LogP contribution is -2.35. The Balaban J connectivity index is 2.01. The molecule has 0 N–H and O–H groups in total. The molecule has 6 heteroatoms. The average molecular weight is 331 g/mol. The molecule has 0 spiro atoms. The zero-order valence-electron chi connectivity index (χ0n) is 12.9.